The molecule has 0 spiro atoms. The van der Waals surface area contributed by atoms with E-state index in [9.17, 15) is 9.59 Å². The van der Waals surface area contributed by atoms with Crippen LogP contribution in [0.1, 0.15) is 65.5 Å². The highest BCUT2D eigenvalue weighted by Gasteiger charge is 2.33. The van der Waals surface area contributed by atoms with Crippen molar-refractivity contribution in [3.05, 3.63) is 58.7 Å². The molecule has 160 valence electrons. The molecular weight excluding hydrogens is 380 g/mol. The Hall–Kier alpha value is -2.70. The number of anilines is 2. The summed E-state index contributed by atoms with van der Waals surface area (Å²) >= 11 is 0. The Kier molecular flexibility index (Phi) is 7.60. The minimum absolute atomic E-state index is 0.131. The number of unbranched alkanes of at least 4 members (excludes halogenated alkanes) is 1. The van der Waals surface area contributed by atoms with E-state index >= 15 is 0 Å². The number of nitrogens with one attached hydrogen (secondary N) is 2. The van der Waals surface area contributed by atoms with Crippen molar-refractivity contribution in [1.82, 2.24) is 0 Å². The second-order valence-corrected chi connectivity index (χ2v) is 7.12. The van der Waals surface area contributed by atoms with Gasteiger partial charge in [0.25, 0.3) is 0 Å². The molecule has 2 N–H and O–H groups in total. The van der Waals surface area contributed by atoms with Gasteiger partial charge in [-0.05, 0) is 32.4 Å². The van der Waals surface area contributed by atoms with Crippen LogP contribution in [-0.4, -0.2) is 44.2 Å². The van der Waals surface area contributed by atoms with Crippen LogP contribution in [0.4, 0.5) is 11.4 Å². The molecule has 6 heteroatoms. The van der Waals surface area contributed by atoms with E-state index < -0.39 is 6.29 Å². The van der Waals surface area contributed by atoms with Crippen molar-refractivity contribution in [2.24, 2.45) is 0 Å². The quantitative estimate of drug-likeness (QED) is 0.358. The highest BCUT2D eigenvalue weighted by molar-refractivity contribution is 6.31. The molecule has 2 aromatic rings. The van der Waals surface area contributed by atoms with Gasteiger partial charge < -0.3 is 20.1 Å². The van der Waals surface area contributed by atoms with Crippen molar-refractivity contribution in [2.45, 2.75) is 39.9 Å². The van der Waals surface area contributed by atoms with Crippen LogP contribution in [0, 0.1) is 0 Å². The fraction of sp³-hybridized carbons (Fsp3) is 0.417. The first-order valence-corrected chi connectivity index (χ1v) is 10.7. The molecule has 1 aliphatic rings. The molecule has 0 heterocycles. The van der Waals surface area contributed by atoms with Crippen LogP contribution in [0.5, 0.6) is 0 Å². The van der Waals surface area contributed by atoms with Crippen molar-refractivity contribution >= 4 is 22.9 Å². The Labute approximate surface area is 178 Å². The van der Waals surface area contributed by atoms with Gasteiger partial charge in [-0.1, -0.05) is 37.6 Å². The molecule has 2 aromatic carbocycles. The zero-order chi connectivity index (χ0) is 21.5. The summed E-state index contributed by atoms with van der Waals surface area (Å²) < 4.78 is 11.2. The highest BCUT2D eigenvalue weighted by Crippen LogP contribution is 2.36. The molecule has 0 saturated carbocycles. The maximum Gasteiger partial charge on any atom is 0.196 e. The third kappa shape index (κ3) is 4.55. The van der Waals surface area contributed by atoms with Crippen LogP contribution >= 0.6 is 0 Å². The summed E-state index contributed by atoms with van der Waals surface area (Å²) in [6.45, 7) is 8.09. The van der Waals surface area contributed by atoms with Gasteiger partial charge in [0, 0.05) is 42.3 Å². The van der Waals surface area contributed by atoms with E-state index in [-0.39, 0.29) is 11.6 Å². The number of ether oxygens (including phenoxy) is 2. The predicted molar refractivity (Wildman–Crippen MR) is 119 cm³/mol. The summed E-state index contributed by atoms with van der Waals surface area (Å²) in [5.74, 6) is -0.278. The molecule has 1 aliphatic carbocycles. The molecule has 0 aliphatic heterocycles. The van der Waals surface area contributed by atoms with Gasteiger partial charge in [-0.3, -0.25) is 9.59 Å². The number of rotatable bonds is 11. The number of hydrogen-bond acceptors (Lipinski definition) is 6. The third-order valence-electron chi connectivity index (χ3n) is 5.09. The van der Waals surface area contributed by atoms with Gasteiger partial charge in [0.1, 0.15) is 0 Å². The van der Waals surface area contributed by atoms with E-state index in [2.05, 4.69) is 17.6 Å². The Balaban J connectivity index is 1.99. The van der Waals surface area contributed by atoms with Crippen LogP contribution in [-0.2, 0) is 9.47 Å². The Morgan fingerprint density at radius 2 is 1.33 bits per heavy atom. The second kappa shape index (κ2) is 10.4. The minimum atomic E-state index is -0.431. The highest BCUT2D eigenvalue weighted by atomic mass is 16.7. The topological polar surface area (TPSA) is 76.7 Å². The van der Waals surface area contributed by atoms with Gasteiger partial charge in [0.15, 0.2) is 17.9 Å². The lowest BCUT2D eigenvalue weighted by Crippen LogP contribution is -2.29. The molecule has 6 nitrogen and oxygen atoms in total. The molecule has 0 aromatic heterocycles. The largest absolute Gasteiger partial charge is 0.384 e. The second-order valence-electron chi connectivity index (χ2n) is 7.12. The number of fused-ring (bicyclic) bond motifs is 2. The van der Waals surface area contributed by atoms with E-state index in [1.54, 1.807) is 24.3 Å². The van der Waals surface area contributed by atoms with E-state index in [1.165, 1.54) is 0 Å². The van der Waals surface area contributed by atoms with Crippen molar-refractivity contribution in [1.29, 1.82) is 0 Å². The van der Waals surface area contributed by atoms with Crippen LogP contribution in [0.2, 0.25) is 0 Å². The van der Waals surface area contributed by atoms with Gasteiger partial charge in [-0.25, -0.2) is 0 Å². The summed E-state index contributed by atoms with van der Waals surface area (Å²) in [5.41, 5.74) is 3.05. The summed E-state index contributed by atoms with van der Waals surface area (Å²) in [6, 6.07) is 10.7. The monoisotopic (exact) mass is 410 g/mol. The van der Waals surface area contributed by atoms with Crippen LogP contribution < -0.4 is 10.6 Å². The first-order chi connectivity index (χ1) is 14.6. The van der Waals surface area contributed by atoms with E-state index in [0.29, 0.717) is 53.4 Å². The molecule has 3 rings (SSSR count). The fourth-order valence-corrected chi connectivity index (χ4v) is 3.65. The molecular formula is C24H30N2O4. The first kappa shape index (κ1) is 22.0. The van der Waals surface area contributed by atoms with Crippen LogP contribution in [0.3, 0.4) is 0 Å². The maximum absolute atomic E-state index is 13.4. The van der Waals surface area contributed by atoms with Gasteiger partial charge in [-0.2, -0.15) is 0 Å². The molecule has 0 atom stereocenters. The summed E-state index contributed by atoms with van der Waals surface area (Å²) in [4.78, 5) is 26.7. The normalized spacial score (nSPS) is 12.7. The fourth-order valence-electron chi connectivity index (χ4n) is 3.65. The van der Waals surface area contributed by atoms with Crippen LogP contribution in [0.25, 0.3) is 0 Å². The Morgan fingerprint density at radius 1 is 0.800 bits per heavy atom. The summed E-state index contributed by atoms with van der Waals surface area (Å²) in [6.07, 6.45) is 1.60. The smallest absolute Gasteiger partial charge is 0.196 e. The third-order valence-corrected chi connectivity index (χ3v) is 5.09. The van der Waals surface area contributed by atoms with E-state index in [0.717, 1.165) is 19.4 Å². The molecule has 0 saturated heterocycles. The predicted octanol–water partition coefficient (Wildman–Crippen LogP) is 4.49. The van der Waals surface area contributed by atoms with Crippen molar-refractivity contribution in [3.8, 4) is 0 Å². The first-order valence-electron chi connectivity index (χ1n) is 10.7. The maximum atomic E-state index is 13.4. The number of carbonyl (C=O) groups is 2. The lowest BCUT2D eigenvalue weighted by molar-refractivity contribution is -0.126. The molecule has 0 fully saturated rings. The average Bonchev–Trinajstić information content (AvgIpc) is 2.76. The summed E-state index contributed by atoms with van der Waals surface area (Å²) in [7, 11) is 0. The number of benzene rings is 2. The lowest BCUT2D eigenvalue weighted by Gasteiger charge is -2.25. The van der Waals surface area contributed by atoms with Crippen LogP contribution in [0.15, 0.2) is 36.4 Å². The van der Waals surface area contributed by atoms with E-state index in [4.69, 9.17) is 9.47 Å². The molecule has 30 heavy (non-hydrogen) atoms. The SMILES string of the molecule is CCCCNc1ccc(NCC(OCC)OCC)c2c1C(=O)c1ccccc1C2=O. The molecule has 0 amide bonds. The van der Waals surface area contributed by atoms with Crippen molar-refractivity contribution < 1.29 is 19.1 Å². The number of ketones is 2. The van der Waals surface area contributed by atoms with Gasteiger partial charge >= 0.3 is 0 Å². The minimum Gasteiger partial charge on any atom is -0.384 e. The van der Waals surface area contributed by atoms with E-state index in [1.807, 2.05) is 26.0 Å². The van der Waals surface area contributed by atoms with Crippen molar-refractivity contribution in [3.63, 3.8) is 0 Å². The zero-order valence-electron chi connectivity index (χ0n) is 17.9. The zero-order valence-corrected chi connectivity index (χ0v) is 17.9. The molecule has 0 unspecified atom stereocenters. The van der Waals surface area contributed by atoms with Crippen molar-refractivity contribution in [2.75, 3.05) is 36.9 Å². The average molecular weight is 411 g/mol. The Morgan fingerprint density at radius 3 is 1.83 bits per heavy atom. The van der Waals surface area contributed by atoms with Gasteiger partial charge in [-0.15, -0.1) is 0 Å². The Bertz CT molecular complexity index is 904. The van der Waals surface area contributed by atoms with Gasteiger partial charge in [0.05, 0.1) is 17.7 Å². The number of hydrogen-bond donors (Lipinski definition) is 2. The molecule has 0 radical (unpaired) electrons. The standard InChI is InChI=1S/C24H30N2O4/c1-4-7-14-25-18-12-13-19(26-15-20(29-5-2)30-6-3)22-21(18)23(27)16-10-8-9-11-17(16)24(22)28/h8-13,20,25-26H,4-7,14-15H2,1-3H3. The molecule has 0 bridgehead atoms. The van der Waals surface area contributed by atoms with Gasteiger partial charge in [0.2, 0.25) is 0 Å². The lowest BCUT2D eigenvalue weighted by atomic mass is 9.82. The number of carbonyl (C=O) groups excluding carboxylic acids is 2. The summed E-state index contributed by atoms with van der Waals surface area (Å²) in [5, 5.41) is 6.61.